The standard InChI is InChI=1S/C22H21FN8O2/c1-26-15-4-10(23)3-12-16-20(28-18(12)15)29-22(33-11-2-9(19(25)32)5-27-6-11)30-21(16)31-7-13-14(8-31)17(13)24/h2-6,13-14,17,26H,7-8,24H2,1H3,(H2,25,32)(H,28,29,30). The van der Waals surface area contributed by atoms with E-state index in [1.54, 1.807) is 7.05 Å². The third kappa shape index (κ3) is 3.11. The molecule has 2 atom stereocenters. The monoisotopic (exact) mass is 448 g/mol. The van der Waals surface area contributed by atoms with Gasteiger partial charge in [0.05, 0.1) is 28.4 Å². The summed E-state index contributed by atoms with van der Waals surface area (Å²) in [6.07, 6.45) is 2.80. The van der Waals surface area contributed by atoms with E-state index in [1.807, 2.05) is 0 Å². The number of carbonyl (C=O) groups excluding carboxylic acids is 1. The van der Waals surface area contributed by atoms with Crippen LogP contribution in [0.1, 0.15) is 10.4 Å². The fourth-order valence-corrected chi connectivity index (χ4v) is 4.76. The van der Waals surface area contributed by atoms with Crippen molar-refractivity contribution >= 4 is 39.3 Å². The Morgan fingerprint density at radius 1 is 1.24 bits per heavy atom. The lowest BCUT2D eigenvalue weighted by molar-refractivity contribution is 0.0999. The maximum Gasteiger partial charge on any atom is 0.326 e. The van der Waals surface area contributed by atoms with E-state index in [4.69, 9.17) is 16.2 Å². The molecule has 1 aromatic carbocycles. The summed E-state index contributed by atoms with van der Waals surface area (Å²) in [5.74, 6) is 0.791. The average molecular weight is 448 g/mol. The van der Waals surface area contributed by atoms with Crippen LogP contribution in [0.3, 0.4) is 0 Å². The molecular formula is C22H21FN8O2. The minimum absolute atomic E-state index is 0.0730. The van der Waals surface area contributed by atoms with Crippen LogP contribution in [0.4, 0.5) is 15.9 Å². The third-order valence-corrected chi connectivity index (χ3v) is 6.52. The Hall–Kier alpha value is -3.99. The quantitative estimate of drug-likeness (QED) is 0.362. The number of piperidine rings is 1. The molecule has 6 N–H and O–H groups in total. The molecule has 1 aliphatic heterocycles. The molecule has 2 fully saturated rings. The van der Waals surface area contributed by atoms with E-state index in [0.717, 1.165) is 18.6 Å². The molecule has 6 rings (SSSR count). The van der Waals surface area contributed by atoms with Gasteiger partial charge in [0, 0.05) is 37.8 Å². The smallest absolute Gasteiger partial charge is 0.326 e. The van der Waals surface area contributed by atoms with Gasteiger partial charge in [-0.3, -0.25) is 9.78 Å². The Morgan fingerprint density at radius 2 is 2.03 bits per heavy atom. The zero-order valence-electron chi connectivity index (χ0n) is 17.7. The molecule has 11 heteroatoms. The van der Waals surface area contributed by atoms with Crippen LogP contribution in [-0.2, 0) is 0 Å². The Morgan fingerprint density at radius 3 is 2.76 bits per heavy atom. The van der Waals surface area contributed by atoms with Crippen LogP contribution in [0.5, 0.6) is 11.8 Å². The molecule has 1 amide bonds. The number of nitrogens with zero attached hydrogens (tertiary/aromatic N) is 4. The second-order valence-corrected chi connectivity index (χ2v) is 8.49. The molecule has 0 bridgehead atoms. The number of amides is 1. The summed E-state index contributed by atoms with van der Waals surface area (Å²) in [7, 11) is 1.73. The number of hydrogen-bond acceptors (Lipinski definition) is 8. The van der Waals surface area contributed by atoms with E-state index in [9.17, 15) is 9.18 Å². The summed E-state index contributed by atoms with van der Waals surface area (Å²) in [6.45, 7) is 1.52. The lowest BCUT2D eigenvalue weighted by Crippen LogP contribution is -2.29. The van der Waals surface area contributed by atoms with Crippen molar-refractivity contribution in [1.29, 1.82) is 0 Å². The topological polar surface area (TPSA) is 148 Å². The van der Waals surface area contributed by atoms with Gasteiger partial charge in [0.25, 0.3) is 0 Å². The van der Waals surface area contributed by atoms with Gasteiger partial charge in [-0.25, -0.2) is 4.39 Å². The summed E-state index contributed by atoms with van der Waals surface area (Å²) in [5, 5.41) is 4.41. The van der Waals surface area contributed by atoms with Crippen LogP contribution in [-0.4, -0.2) is 52.0 Å². The number of carbonyl (C=O) groups is 1. The molecule has 4 aromatic rings. The Labute approximate surface area is 187 Å². The van der Waals surface area contributed by atoms with Crippen molar-refractivity contribution < 1.29 is 13.9 Å². The number of rotatable bonds is 5. The molecular weight excluding hydrogens is 427 g/mol. The first-order valence-corrected chi connectivity index (χ1v) is 10.6. The van der Waals surface area contributed by atoms with Gasteiger partial charge in [0.15, 0.2) is 0 Å². The van der Waals surface area contributed by atoms with Crippen LogP contribution < -0.4 is 26.4 Å². The van der Waals surface area contributed by atoms with Gasteiger partial charge in [-0.1, -0.05) is 0 Å². The van der Waals surface area contributed by atoms with Crippen molar-refractivity contribution in [2.24, 2.45) is 23.3 Å². The summed E-state index contributed by atoms with van der Waals surface area (Å²) in [4.78, 5) is 30.1. The third-order valence-electron chi connectivity index (χ3n) is 6.52. The van der Waals surface area contributed by atoms with Crippen molar-refractivity contribution in [3.63, 3.8) is 0 Å². The highest BCUT2D eigenvalue weighted by atomic mass is 19.1. The zero-order chi connectivity index (χ0) is 22.9. The summed E-state index contributed by atoms with van der Waals surface area (Å²) in [6, 6.07) is 4.67. The highest BCUT2D eigenvalue weighted by Gasteiger charge is 2.54. The zero-order valence-corrected chi connectivity index (χ0v) is 17.7. The molecule has 3 aromatic heterocycles. The number of aromatic amines is 1. The number of nitrogens with two attached hydrogens (primary N) is 2. The Kier molecular flexibility index (Phi) is 4.18. The molecule has 0 radical (unpaired) electrons. The van der Waals surface area contributed by atoms with E-state index < -0.39 is 5.91 Å². The molecule has 33 heavy (non-hydrogen) atoms. The van der Waals surface area contributed by atoms with Crippen molar-refractivity contribution in [1.82, 2.24) is 19.9 Å². The molecule has 1 saturated heterocycles. The minimum atomic E-state index is -0.616. The molecule has 10 nitrogen and oxygen atoms in total. The minimum Gasteiger partial charge on any atom is -0.423 e. The van der Waals surface area contributed by atoms with Crippen LogP contribution >= 0.6 is 0 Å². The van der Waals surface area contributed by atoms with Gasteiger partial charge >= 0.3 is 6.01 Å². The molecule has 0 spiro atoms. The normalized spacial score (nSPS) is 21.4. The maximum atomic E-state index is 14.4. The average Bonchev–Trinajstić information content (AvgIpc) is 3.14. The molecule has 2 aliphatic rings. The SMILES string of the molecule is CNc1cc(F)cc2c1[nH]c1nc(Oc3cncc(C(N)=O)c3)nc(N3CC4C(N)C4C3)c12. The van der Waals surface area contributed by atoms with Gasteiger partial charge < -0.3 is 31.4 Å². The van der Waals surface area contributed by atoms with Crippen molar-refractivity contribution in [3.8, 4) is 11.8 Å². The molecule has 1 aliphatic carbocycles. The number of pyridine rings is 1. The van der Waals surface area contributed by atoms with E-state index in [-0.39, 0.29) is 29.2 Å². The van der Waals surface area contributed by atoms with Crippen LogP contribution in [0.25, 0.3) is 21.9 Å². The second kappa shape index (κ2) is 7.01. The van der Waals surface area contributed by atoms with Gasteiger partial charge in [0.1, 0.15) is 23.0 Å². The number of halogens is 1. The Bertz CT molecular complexity index is 1430. The lowest BCUT2D eigenvalue weighted by Gasteiger charge is -2.21. The number of anilines is 2. The number of primary amides is 1. The number of H-pyrrole nitrogens is 1. The number of ether oxygens (including phenoxy) is 1. The number of nitrogens with one attached hydrogen (secondary N) is 2. The van der Waals surface area contributed by atoms with Gasteiger partial charge in [-0.2, -0.15) is 9.97 Å². The summed E-state index contributed by atoms with van der Waals surface area (Å²) >= 11 is 0. The van der Waals surface area contributed by atoms with E-state index in [2.05, 4.69) is 30.2 Å². The molecule has 4 heterocycles. The molecule has 1 saturated carbocycles. The second-order valence-electron chi connectivity index (χ2n) is 8.49. The van der Waals surface area contributed by atoms with Crippen molar-refractivity contribution in [2.75, 3.05) is 30.4 Å². The number of benzene rings is 1. The maximum absolute atomic E-state index is 14.4. The predicted octanol–water partition coefficient (Wildman–Crippen LogP) is 1.97. The first-order valence-electron chi connectivity index (χ1n) is 10.6. The first kappa shape index (κ1) is 19.7. The molecule has 168 valence electrons. The Balaban J connectivity index is 1.51. The van der Waals surface area contributed by atoms with E-state index in [0.29, 0.717) is 39.8 Å². The van der Waals surface area contributed by atoms with Crippen LogP contribution in [0, 0.1) is 17.7 Å². The largest absolute Gasteiger partial charge is 0.423 e. The van der Waals surface area contributed by atoms with Crippen molar-refractivity contribution in [2.45, 2.75) is 6.04 Å². The van der Waals surface area contributed by atoms with Gasteiger partial charge in [-0.05, 0) is 30.0 Å². The van der Waals surface area contributed by atoms with Crippen molar-refractivity contribution in [3.05, 3.63) is 42.0 Å². The van der Waals surface area contributed by atoms with Gasteiger partial charge in [-0.15, -0.1) is 0 Å². The van der Waals surface area contributed by atoms with E-state index >= 15 is 0 Å². The highest BCUT2D eigenvalue weighted by molar-refractivity contribution is 6.14. The number of fused-ring (bicyclic) bond motifs is 4. The highest BCUT2D eigenvalue weighted by Crippen LogP contribution is 2.47. The summed E-state index contributed by atoms with van der Waals surface area (Å²) < 4.78 is 20.3. The van der Waals surface area contributed by atoms with Gasteiger partial charge in [0.2, 0.25) is 5.91 Å². The fraction of sp³-hybridized carbons (Fsp3) is 0.273. The van der Waals surface area contributed by atoms with E-state index in [1.165, 1.54) is 30.6 Å². The van der Waals surface area contributed by atoms with Crippen LogP contribution in [0.2, 0.25) is 0 Å². The fourth-order valence-electron chi connectivity index (χ4n) is 4.76. The first-order chi connectivity index (χ1) is 15.9. The number of hydrogen-bond donors (Lipinski definition) is 4. The van der Waals surface area contributed by atoms with Crippen LogP contribution in [0.15, 0.2) is 30.6 Å². The predicted molar refractivity (Wildman–Crippen MR) is 121 cm³/mol. The lowest BCUT2D eigenvalue weighted by atomic mass is 10.1. The molecule has 2 unspecified atom stereocenters. The number of aromatic nitrogens is 4. The summed E-state index contributed by atoms with van der Waals surface area (Å²) in [5.41, 5.74) is 13.5.